The Bertz CT molecular complexity index is 1140. The van der Waals surface area contributed by atoms with E-state index in [0.717, 1.165) is 15.6 Å². The van der Waals surface area contributed by atoms with Crippen LogP contribution in [0.25, 0.3) is 0 Å². The van der Waals surface area contributed by atoms with Gasteiger partial charge in [0.05, 0.1) is 5.56 Å². The molecule has 3 aromatic carbocycles. The maximum Gasteiger partial charge on any atom is 0.254 e. The number of likely N-dealkylation sites (tertiary alicyclic amines) is 1. The van der Waals surface area contributed by atoms with Gasteiger partial charge in [0.25, 0.3) is 5.91 Å². The highest BCUT2D eigenvalue weighted by molar-refractivity contribution is 9.10. The molecule has 0 radical (unpaired) electrons. The molecule has 3 aromatic rings. The Balaban J connectivity index is 1.47. The second kappa shape index (κ2) is 9.61. The number of piperidine rings is 1. The number of rotatable bonds is 5. The predicted octanol–water partition coefficient (Wildman–Crippen LogP) is 5.72. The fourth-order valence-corrected chi connectivity index (χ4v) is 4.36. The van der Waals surface area contributed by atoms with Crippen LogP contribution >= 0.6 is 15.9 Å². The van der Waals surface area contributed by atoms with Crippen LogP contribution < -0.4 is 0 Å². The van der Waals surface area contributed by atoms with Crippen LogP contribution in [0.3, 0.4) is 0 Å². The maximum atomic E-state index is 13.3. The van der Waals surface area contributed by atoms with Crippen molar-refractivity contribution < 1.29 is 14.4 Å². The van der Waals surface area contributed by atoms with Gasteiger partial charge in [0.2, 0.25) is 0 Å². The highest BCUT2D eigenvalue weighted by Crippen LogP contribution is 2.25. The molecule has 5 heteroatoms. The number of ketones is 2. The van der Waals surface area contributed by atoms with E-state index < -0.39 is 0 Å². The third kappa shape index (κ3) is 4.73. The molecule has 0 aromatic heterocycles. The van der Waals surface area contributed by atoms with Gasteiger partial charge in [-0.3, -0.25) is 14.4 Å². The zero-order chi connectivity index (χ0) is 22.7. The molecule has 4 rings (SSSR count). The van der Waals surface area contributed by atoms with Crippen LogP contribution in [0, 0.1) is 12.8 Å². The number of nitrogens with zero attached hydrogens (tertiary/aromatic N) is 1. The van der Waals surface area contributed by atoms with Crippen LogP contribution in [0.1, 0.15) is 55.0 Å². The van der Waals surface area contributed by atoms with Crippen molar-refractivity contribution in [3.63, 3.8) is 0 Å². The Kier molecular flexibility index (Phi) is 6.66. The van der Waals surface area contributed by atoms with Gasteiger partial charge in [-0.2, -0.15) is 0 Å². The van der Waals surface area contributed by atoms with E-state index in [0.29, 0.717) is 42.6 Å². The number of hydrogen-bond donors (Lipinski definition) is 0. The average Bonchev–Trinajstić information content (AvgIpc) is 2.84. The molecule has 0 spiro atoms. The summed E-state index contributed by atoms with van der Waals surface area (Å²) in [6.45, 7) is 3.00. The largest absolute Gasteiger partial charge is 0.339 e. The minimum atomic E-state index is -0.175. The Morgan fingerprint density at radius 1 is 0.781 bits per heavy atom. The monoisotopic (exact) mass is 489 g/mol. The number of carbonyl (C=O) groups excluding carboxylic acids is 3. The molecule has 4 nitrogen and oxygen atoms in total. The molecule has 1 amide bonds. The molecule has 0 atom stereocenters. The molecule has 0 saturated carbocycles. The number of benzene rings is 3. The van der Waals surface area contributed by atoms with Crippen molar-refractivity contribution >= 4 is 33.4 Å². The lowest BCUT2D eigenvalue weighted by molar-refractivity contribution is 0.0648. The summed E-state index contributed by atoms with van der Waals surface area (Å²) in [6, 6.07) is 21.7. The number of amides is 1. The van der Waals surface area contributed by atoms with E-state index in [9.17, 15) is 14.4 Å². The normalized spacial score (nSPS) is 14.2. The van der Waals surface area contributed by atoms with Crippen LogP contribution in [-0.4, -0.2) is 35.5 Å². The second-order valence-electron chi connectivity index (χ2n) is 8.18. The van der Waals surface area contributed by atoms with Crippen molar-refractivity contribution in [1.82, 2.24) is 4.90 Å². The SMILES string of the molecule is Cc1ccc(C(=O)C2CCN(C(=O)c3ccccc3C(=O)c3ccc(Br)cc3)CC2)cc1. The zero-order valence-electron chi connectivity index (χ0n) is 17.9. The van der Waals surface area contributed by atoms with Crippen LogP contribution in [0.2, 0.25) is 0 Å². The molecule has 0 unspecified atom stereocenters. The Morgan fingerprint density at radius 2 is 1.34 bits per heavy atom. The standard InChI is InChI=1S/C27H24BrNO3/c1-18-6-8-19(9-7-18)25(30)21-14-16-29(17-15-21)27(32)24-5-3-2-4-23(24)26(31)20-10-12-22(28)13-11-20/h2-13,21H,14-17H2,1H3. The summed E-state index contributed by atoms with van der Waals surface area (Å²) in [4.78, 5) is 40.9. The Hall–Kier alpha value is -3.05. The first-order chi connectivity index (χ1) is 15.4. The van der Waals surface area contributed by atoms with Crippen LogP contribution in [0.4, 0.5) is 0 Å². The maximum absolute atomic E-state index is 13.3. The summed E-state index contributed by atoms with van der Waals surface area (Å²) in [5, 5.41) is 0. The van der Waals surface area contributed by atoms with Crippen LogP contribution in [0.15, 0.2) is 77.3 Å². The lowest BCUT2D eigenvalue weighted by Crippen LogP contribution is -2.40. The predicted molar refractivity (Wildman–Crippen MR) is 128 cm³/mol. The van der Waals surface area contributed by atoms with E-state index in [-0.39, 0.29) is 23.4 Å². The lowest BCUT2D eigenvalue weighted by Gasteiger charge is -2.31. The number of Topliss-reactive ketones (excluding diaryl/α,β-unsaturated/α-hetero) is 1. The number of halogens is 1. The van der Waals surface area contributed by atoms with Gasteiger partial charge in [-0.1, -0.05) is 64.0 Å². The molecular formula is C27H24BrNO3. The summed E-state index contributed by atoms with van der Waals surface area (Å²) in [5.41, 5.74) is 3.20. The molecular weight excluding hydrogens is 466 g/mol. The van der Waals surface area contributed by atoms with E-state index in [1.54, 1.807) is 41.3 Å². The smallest absolute Gasteiger partial charge is 0.254 e. The second-order valence-corrected chi connectivity index (χ2v) is 9.09. The van der Waals surface area contributed by atoms with E-state index >= 15 is 0 Å². The van der Waals surface area contributed by atoms with Crippen molar-refractivity contribution in [2.24, 2.45) is 5.92 Å². The molecule has 1 saturated heterocycles. The summed E-state index contributed by atoms with van der Waals surface area (Å²) < 4.78 is 0.890. The van der Waals surface area contributed by atoms with E-state index in [2.05, 4.69) is 15.9 Å². The fourth-order valence-electron chi connectivity index (χ4n) is 4.09. The summed E-state index contributed by atoms with van der Waals surface area (Å²) in [7, 11) is 0. The molecule has 1 heterocycles. The van der Waals surface area contributed by atoms with Crippen molar-refractivity contribution in [2.45, 2.75) is 19.8 Å². The first-order valence-corrected chi connectivity index (χ1v) is 11.5. The van der Waals surface area contributed by atoms with E-state index in [1.807, 2.05) is 43.3 Å². The number of hydrogen-bond acceptors (Lipinski definition) is 3. The topological polar surface area (TPSA) is 54.5 Å². The van der Waals surface area contributed by atoms with Gasteiger partial charge >= 0.3 is 0 Å². The van der Waals surface area contributed by atoms with Crippen molar-refractivity contribution in [3.8, 4) is 0 Å². The minimum absolute atomic E-state index is 0.0820. The molecule has 1 aliphatic heterocycles. The van der Waals surface area contributed by atoms with Crippen molar-refractivity contribution in [1.29, 1.82) is 0 Å². The average molecular weight is 490 g/mol. The minimum Gasteiger partial charge on any atom is -0.339 e. The molecule has 162 valence electrons. The summed E-state index contributed by atoms with van der Waals surface area (Å²) >= 11 is 3.38. The molecule has 0 N–H and O–H groups in total. The molecule has 0 aliphatic carbocycles. The first kappa shape index (κ1) is 22.2. The van der Waals surface area contributed by atoms with Gasteiger partial charge < -0.3 is 4.90 Å². The number of carbonyl (C=O) groups is 3. The first-order valence-electron chi connectivity index (χ1n) is 10.7. The molecule has 1 fully saturated rings. The summed E-state index contributed by atoms with van der Waals surface area (Å²) in [5.74, 6) is -0.275. The lowest BCUT2D eigenvalue weighted by atomic mass is 9.88. The van der Waals surface area contributed by atoms with Gasteiger partial charge in [0, 0.05) is 40.2 Å². The third-order valence-corrected chi connectivity index (χ3v) is 6.53. The molecule has 0 bridgehead atoms. The van der Waals surface area contributed by atoms with Crippen LogP contribution in [-0.2, 0) is 0 Å². The summed E-state index contributed by atoms with van der Waals surface area (Å²) in [6.07, 6.45) is 1.25. The van der Waals surface area contributed by atoms with Gasteiger partial charge in [0.15, 0.2) is 11.6 Å². The van der Waals surface area contributed by atoms with Gasteiger partial charge in [-0.15, -0.1) is 0 Å². The van der Waals surface area contributed by atoms with Crippen molar-refractivity contribution in [2.75, 3.05) is 13.1 Å². The third-order valence-electron chi connectivity index (χ3n) is 6.00. The molecule has 32 heavy (non-hydrogen) atoms. The quantitative estimate of drug-likeness (QED) is 0.430. The van der Waals surface area contributed by atoms with E-state index in [4.69, 9.17) is 0 Å². The number of aryl methyl sites for hydroxylation is 1. The van der Waals surface area contributed by atoms with Crippen molar-refractivity contribution in [3.05, 3.63) is 105 Å². The van der Waals surface area contributed by atoms with Crippen LogP contribution in [0.5, 0.6) is 0 Å². The van der Waals surface area contributed by atoms with Gasteiger partial charge in [0.1, 0.15) is 0 Å². The zero-order valence-corrected chi connectivity index (χ0v) is 19.5. The van der Waals surface area contributed by atoms with Gasteiger partial charge in [-0.05, 0) is 50.1 Å². The fraction of sp³-hybridized carbons (Fsp3) is 0.222. The van der Waals surface area contributed by atoms with E-state index in [1.165, 1.54) is 0 Å². The van der Waals surface area contributed by atoms with Gasteiger partial charge in [-0.25, -0.2) is 0 Å². The molecule has 1 aliphatic rings. The Labute approximate surface area is 196 Å². The Morgan fingerprint density at radius 3 is 1.97 bits per heavy atom. The highest BCUT2D eigenvalue weighted by atomic mass is 79.9. The highest BCUT2D eigenvalue weighted by Gasteiger charge is 2.30.